The van der Waals surface area contributed by atoms with Crippen LogP contribution in [0.1, 0.15) is 34.1 Å². The van der Waals surface area contributed by atoms with Crippen molar-refractivity contribution in [1.82, 2.24) is 9.55 Å². The first-order valence-corrected chi connectivity index (χ1v) is 7.64. The summed E-state index contributed by atoms with van der Waals surface area (Å²) in [5.41, 5.74) is 1.06. The Balaban J connectivity index is 2.18. The topological polar surface area (TPSA) is 39.1 Å². The van der Waals surface area contributed by atoms with E-state index in [1.54, 1.807) is 0 Å². The number of imidazole rings is 1. The number of benzene rings is 1. The Morgan fingerprint density at radius 1 is 1.29 bits per heavy atom. The first kappa shape index (κ1) is 15.4. The number of nitrogens with one attached hydrogen (secondary N) is 1. The van der Waals surface area contributed by atoms with Crippen LogP contribution in [0.25, 0.3) is 5.69 Å². The largest absolute Gasteiger partial charge is 0.491 e. The Labute approximate surface area is 127 Å². The number of aromatic nitrogens is 2. The van der Waals surface area contributed by atoms with Crippen molar-refractivity contribution in [2.45, 2.75) is 40.2 Å². The molecule has 1 N–H and O–H groups in total. The molecule has 114 valence electrons. The van der Waals surface area contributed by atoms with Gasteiger partial charge in [-0.1, -0.05) is 26.8 Å². The molecule has 0 radical (unpaired) electrons. The molecule has 1 heterocycles. The van der Waals surface area contributed by atoms with Crippen LogP contribution in [0.3, 0.4) is 0 Å². The van der Waals surface area contributed by atoms with Crippen LogP contribution in [0.15, 0.2) is 36.7 Å². The Bertz CT molecular complexity index is 563. The first-order chi connectivity index (χ1) is 10.1. The third-order valence-corrected chi connectivity index (χ3v) is 3.32. The molecule has 2 rings (SSSR count). The summed E-state index contributed by atoms with van der Waals surface area (Å²) in [6, 6.07) is 8.12. The first-order valence-electron chi connectivity index (χ1n) is 7.64. The van der Waals surface area contributed by atoms with E-state index in [9.17, 15) is 0 Å². The van der Waals surface area contributed by atoms with Gasteiger partial charge in [-0.3, -0.25) is 4.57 Å². The van der Waals surface area contributed by atoms with E-state index in [4.69, 9.17) is 4.74 Å². The lowest BCUT2D eigenvalue weighted by molar-refractivity contribution is 0.217. The van der Waals surface area contributed by atoms with Crippen molar-refractivity contribution < 1.29 is 4.74 Å². The normalized spacial score (nSPS) is 12.4. The summed E-state index contributed by atoms with van der Waals surface area (Å²) in [5, 5.41) is 3.37. The standard InChI is InChI=1S/C17H25N3O/c1-5-14(4)21-16-8-6-7-15(11-16)20-10-9-18-17(20)19-12-13(2)3/h6-11,13-14H,5,12H2,1-4H3,(H,18,19). The van der Waals surface area contributed by atoms with Gasteiger partial charge in [0.1, 0.15) is 5.75 Å². The molecule has 0 aliphatic heterocycles. The molecule has 0 saturated carbocycles. The maximum Gasteiger partial charge on any atom is 0.207 e. The minimum atomic E-state index is 0.224. The van der Waals surface area contributed by atoms with E-state index >= 15 is 0 Å². The number of hydrogen-bond donors (Lipinski definition) is 1. The highest BCUT2D eigenvalue weighted by molar-refractivity contribution is 5.45. The van der Waals surface area contributed by atoms with Crippen LogP contribution in [-0.4, -0.2) is 22.2 Å². The van der Waals surface area contributed by atoms with Crippen molar-refractivity contribution in [3.05, 3.63) is 36.7 Å². The number of rotatable bonds is 7. The fourth-order valence-corrected chi connectivity index (χ4v) is 1.96. The molecule has 4 nitrogen and oxygen atoms in total. The number of nitrogens with zero attached hydrogens (tertiary/aromatic N) is 2. The summed E-state index contributed by atoms with van der Waals surface area (Å²) in [6.07, 6.45) is 4.99. The SMILES string of the molecule is CCC(C)Oc1cccc(-n2ccnc2NCC(C)C)c1. The van der Waals surface area contributed by atoms with E-state index in [1.165, 1.54) is 0 Å². The van der Waals surface area contributed by atoms with Crippen LogP contribution in [-0.2, 0) is 0 Å². The quantitative estimate of drug-likeness (QED) is 0.832. The van der Waals surface area contributed by atoms with Gasteiger partial charge >= 0.3 is 0 Å². The summed E-state index contributed by atoms with van der Waals surface area (Å²) in [6.45, 7) is 9.47. The highest BCUT2D eigenvalue weighted by Crippen LogP contribution is 2.21. The van der Waals surface area contributed by atoms with E-state index < -0.39 is 0 Å². The van der Waals surface area contributed by atoms with Crippen molar-refractivity contribution in [3.8, 4) is 11.4 Å². The smallest absolute Gasteiger partial charge is 0.207 e. The van der Waals surface area contributed by atoms with Crippen molar-refractivity contribution in [2.75, 3.05) is 11.9 Å². The molecular formula is C17H25N3O. The molecule has 21 heavy (non-hydrogen) atoms. The van der Waals surface area contributed by atoms with Crippen LogP contribution in [0.4, 0.5) is 5.95 Å². The molecule has 0 saturated heterocycles. The summed E-state index contributed by atoms with van der Waals surface area (Å²) < 4.78 is 7.93. The molecular weight excluding hydrogens is 262 g/mol. The fourth-order valence-electron chi connectivity index (χ4n) is 1.96. The molecule has 0 amide bonds. The van der Waals surface area contributed by atoms with Crippen molar-refractivity contribution in [1.29, 1.82) is 0 Å². The molecule has 1 unspecified atom stereocenters. The second kappa shape index (κ2) is 7.16. The summed E-state index contributed by atoms with van der Waals surface area (Å²) >= 11 is 0. The van der Waals surface area contributed by atoms with Crippen LogP contribution in [0.2, 0.25) is 0 Å². The molecule has 1 aromatic carbocycles. The number of ether oxygens (including phenoxy) is 1. The summed E-state index contributed by atoms with van der Waals surface area (Å²) in [4.78, 5) is 4.38. The summed E-state index contributed by atoms with van der Waals surface area (Å²) in [7, 11) is 0. The summed E-state index contributed by atoms with van der Waals surface area (Å²) in [5.74, 6) is 2.34. The van der Waals surface area contributed by atoms with Crippen molar-refractivity contribution in [3.63, 3.8) is 0 Å². The number of hydrogen-bond acceptors (Lipinski definition) is 3. The van der Waals surface area contributed by atoms with E-state index in [-0.39, 0.29) is 6.10 Å². The minimum Gasteiger partial charge on any atom is -0.491 e. The van der Waals surface area contributed by atoms with Gasteiger partial charge in [0.15, 0.2) is 0 Å². The minimum absolute atomic E-state index is 0.224. The highest BCUT2D eigenvalue weighted by Gasteiger charge is 2.07. The Morgan fingerprint density at radius 2 is 2.10 bits per heavy atom. The maximum absolute atomic E-state index is 5.89. The van der Waals surface area contributed by atoms with Crippen molar-refractivity contribution >= 4 is 5.95 Å². The second-order valence-corrected chi connectivity index (χ2v) is 5.73. The van der Waals surface area contributed by atoms with Gasteiger partial charge in [0.2, 0.25) is 5.95 Å². The third-order valence-electron chi connectivity index (χ3n) is 3.32. The zero-order valence-electron chi connectivity index (χ0n) is 13.3. The average molecular weight is 287 g/mol. The molecule has 0 aliphatic carbocycles. The third kappa shape index (κ3) is 4.25. The predicted octanol–water partition coefficient (Wildman–Crippen LogP) is 4.12. The van der Waals surface area contributed by atoms with Crippen LogP contribution in [0.5, 0.6) is 5.75 Å². The molecule has 0 aliphatic rings. The predicted molar refractivity (Wildman–Crippen MR) is 87.3 cm³/mol. The van der Waals surface area contributed by atoms with Crippen molar-refractivity contribution in [2.24, 2.45) is 5.92 Å². The zero-order valence-corrected chi connectivity index (χ0v) is 13.3. The van der Waals surface area contributed by atoms with Crippen LogP contribution < -0.4 is 10.1 Å². The van der Waals surface area contributed by atoms with Crippen LogP contribution in [0, 0.1) is 5.92 Å². The van der Waals surface area contributed by atoms with E-state index in [0.717, 1.165) is 30.4 Å². The van der Waals surface area contributed by atoms with Gasteiger partial charge in [0, 0.05) is 25.0 Å². The van der Waals surface area contributed by atoms with E-state index in [0.29, 0.717) is 5.92 Å². The van der Waals surface area contributed by atoms with Gasteiger partial charge in [-0.05, 0) is 31.4 Å². The fraction of sp³-hybridized carbons (Fsp3) is 0.471. The van der Waals surface area contributed by atoms with Gasteiger partial charge in [-0.15, -0.1) is 0 Å². The Hall–Kier alpha value is -1.97. The Kier molecular flexibility index (Phi) is 5.26. The van der Waals surface area contributed by atoms with E-state index in [2.05, 4.69) is 44.1 Å². The molecule has 0 fully saturated rings. The van der Waals surface area contributed by atoms with Gasteiger partial charge < -0.3 is 10.1 Å². The zero-order chi connectivity index (χ0) is 15.2. The average Bonchev–Trinajstić information content (AvgIpc) is 2.93. The number of anilines is 1. The lowest BCUT2D eigenvalue weighted by Crippen LogP contribution is -2.12. The highest BCUT2D eigenvalue weighted by atomic mass is 16.5. The van der Waals surface area contributed by atoms with Gasteiger partial charge in [0.25, 0.3) is 0 Å². The molecule has 0 spiro atoms. The Morgan fingerprint density at radius 3 is 2.81 bits per heavy atom. The van der Waals surface area contributed by atoms with Crippen LogP contribution >= 0.6 is 0 Å². The lowest BCUT2D eigenvalue weighted by atomic mass is 10.2. The van der Waals surface area contributed by atoms with Gasteiger partial charge in [0.05, 0.1) is 11.8 Å². The second-order valence-electron chi connectivity index (χ2n) is 5.73. The maximum atomic E-state index is 5.89. The monoisotopic (exact) mass is 287 g/mol. The van der Waals surface area contributed by atoms with E-state index in [1.807, 2.05) is 35.2 Å². The lowest BCUT2D eigenvalue weighted by Gasteiger charge is -2.15. The van der Waals surface area contributed by atoms with Gasteiger partial charge in [-0.25, -0.2) is 4.98 Å². The molecule has 2 aromatic rings. The van der Waals surface area contributed by atoms with Gasteiger partial charge in [-0.2, -0.15) is 0 Å². The molecule has 1 atom stereocenters. The molecule has 1 aromatic heterocycles. The molecule has 4 heteroatoms. The molecule has 0 bridgehead atoms.